The number of nitrogens with zero attached hydrogens (tertiary/aromatic N) is 3. The van der Waals surface area contributed by atoms with Crippen LogP contribution in [0.5, 0.6) is 0 Å². The summed E-state index contributed by atoms with van der Waals surface area (Å²) in [5.74, 6) is 0.485. The van der Waals surface area contributed by atoms with Crippen molar-refractivity contribution in [1.82, 2.24) is 9.97 Å². The first-order valence-electron chi connectivity index (χ1n) is 5.95. The molecule has 0 aliphatic carbocycles. The first-order valence-corrected chi connectivity index (χ1v) is 5.95. The molecule has 0 amide bonds. The molecule has 2 heterocycles. The number of hydrogen-bond donors (Lipinski definition) is 1. The highest BCUT2D eigenvalue weighted by atomic mass is 16.5. The summed E-state index contributed by atoms with van der Waals surface area (Å²) in [6.45, 7) is 3.42. The van der Waals surface area contributed by atoms with Gasteiger partial charge in [-0.25, -0.2) is 14.8 Å². The fraction of sp³-hybridized carbons (Fsp3) is 0.583. The molecule has 1 aliphatic heterocycles. The minimum absolute atomic E-state index is 0.187. The molecular formula is C12H17N3O3. The third kappa shape index (κ3) is 2.59. The molecule has 0 aromatic carbocycles. The smallest absolute Gasteiger partial charge is 0.358 e. The van der Waals surface area contributed by atoms with Crippen molar-refractivity contribution < 1.29 is 14.6 Å². The van der Waals surface area contributed by atoms with Gasteiger partial charge in [-0.2, -0.15) is 0 Å². The van der Waals surface area contributed by atoms with E-state index in [1.807, 2.05) is 11.8 Å². The largest absolute Gasteiger partial charge is 0.464 e. The fourth-order valence-electron chi connectivity index (χ4n) is 1.95. The van der Waals surface area contributed by atoms with E-state index in [4.69, 9.17) is 0 Å². The van der Waals surface area contributed by atoms with Crippen molar-refractivity contribution in [3.05, 3.63) is 18.1 Å². The van der Waals surface area contributed by atoms with E-state index in [1.165, 1.54) is 19.5 Å². The summed E-state index contributed by atoms with van der Waals surface area (Å²) in [6, 6.07) is 0. The second-order valence-corrected chi connectivity index (χ2v) is 4.53. The number of anilines is 1. The molecule has 98 valence electrons. The van der Waals surface area contributed by atoms with Crippen LogP contribution in [0.25, 0.3) is 0 Å². The lowest BCUT2D eigenvalue weighted by Gasteiger charge is -2.34. The van der Waals surface area contributed by atoms with Gasteiger partial charge in [0, 0.05) is 13.1 Å². The van der Waals surface area contributed by atoms with Crippen molar-refractivity contribution in [3.8, 4) is 0 Å². The highest BCUT2D eigenvalue weighted by Gasteiger charge is 2.25. The monoisotopic (exact) mass is 251 g/mol. The summed E-state index contributed by atoms with van der Waals surface area (Å²) in [5, 5.41) is 9.83. The van der Waals surface area contributed by atoms with Crippen LogP contribution in [0, 0.1) is 5.92 Å². The fourth-order valence-corrected chi connectivity index (χ4v) is 1.95. The first-order chi connectivity index (χ1) is 8.61. The maximum Gasteiger partial charge on any atom is 0.358 e. The zero-order valence-corrected chi connectivity index (χ0v) is 10.5. The van der Waals surface area contributed by atoms with Gasteiger partial charge in [0.1, 0.15) is 5.82 Å². The number of carbonyl (C=O) groups is 1. The van der Waals surface area contributed by atoms with Crippen LogP contribution in [0.2, 0.25) is 0 Å². The predicted molar refractivity (Wildman–Crippen MR) is 65.4 cm³/mol. The van der Waals surface area contributed by atoms with Crippen LogP contribution in [0.3, 0.4) is 0 Å². The summed E-state index contributed by atoms with van der Waals surface area (Å²) in [4.78, 5) is 21.4. The minimum Gasteiger partial charge on any atom is -0.464 e. The third-order valence-electron chi connectivity index (χ3n) is 3.28. The van der Waals surface area contributed by atoms with Crippen LogP contribution < -0.4 is 4.90 Å². The number of carbonyl (C=O) groups excluding carboxylic acids is 1. The second kappa shape index (κ2) is 5.30. The Hall–Kier alpha value is -1.69. The van der Waals surface area contributed by atoms with Crippen LogP contribution in [-0.2, 0) is 4.74 Å². The molecule has 2 rings (SSSR count). The van der Waals surface area contributed by atoms with Crippen LogP contribution in [0.1, 0.15) is 23.8 Å². The molecule has 1 aromatic heterocycles. The van der Waals surface area contributed by atoms with Gasteiger partial charge in [-0.3, -0.25) is 0 Å². The molecule has 0 spiro atoms. The number of methoxy groups -OCH3 is 1. The molecule has 6 heteroatoms. The highest BCUT2D eigenvalue weighted by molar-refractivity contribution is 5.86. The van der Waals surface area contributed by atoms with Gasteiger partial charge in [0.25, 0.3) is 0 Å². The maximum atomic E-state index is 11.2. The zero-order chi connectivity index (χ0) is 13.1. The van der Waals surface area contributed by atoms with E-state index < -0.39 is 5.97 Å². The van der Waals surface area contributed by atoms with Gasteiger partial charge in [-0.1, -0.05) is 6.92 Å². The van der Waals surface area contributed by atoms with Gasteiger partial charge in [-0.05, 0) is 12.3 Å². The molecule has 6 nitrogen and oxygen atoms in total. The standard InChI is InChI=1S/C12H17N3O3/c1-8-3-4-15(7-10(8)16)11-6-13-9(5-14-11)12(17)18-2/h5-6,8,10,16H,3-4,7H2,1-2H3. The van der Waals surface area contributed by atoms with Crippen molar-refractivity contribution in [2.75, 3.05) is 25.1 Å². The molecule has 1 saturated heterocycles. The Labute approximate surface area is 106 Å². The highest BCUT2D eigenvalue weighted by Crippen LogP contribution is 2.21. The van der Waals surface area contributed by atoms with Crippen LogP contribution >= 0.6 is 0 Å². The lowest BCUT2D eigenvalue weighted by molar-refractivity contribution is 0.0593. The number of hydrogen-bond acceptors (Lipinski definition) is 6. The first kappa shape index (κ1) is 12.8. The molecule has 0 saturated carbocycles. The third-order valence-corrected chi connectivity index (χ3v) is 3.28. The molecular weight excluding hydrogens is 234 g/mol. The number of rotatable bonds is 2. The van der Waals surface area contributed by atoms with Gasteiger partial charge in [0.15, 0.2) is 5.69 Å². The quantitative estimate of drug-likeness (QED) is 0.770. The Kier molecular flexibility index (Phi) is 3.76. The van der Waals surface area contributed by atoms with Crippen LogP contribution in [0.4, 0.5) is 5.82 Å². The van der Waals surface area contributed by atoms with E-state index in [2.05, 4.69) is 14.7 Å². The van der Waals surface area contributed by atoms with E-state index in [-0.39, 0.29) is 11.8 Å². The molecule has 0 bridgehead atoms. The number of aliphatic hydroxyl groups is 1. The van der Waals surface area contributed by atoms with Crippen LogP contribution in [-0.4, -0.2) is 47.3 Å². The Balaban J connectivity index is 2.08. The van der Waals surface area contributed by atoms with E-state index in [9.17, 15) is 9.90 Å². The average molecular weight is 251 g/mol. The zero-order valence-electron chi connectivity index (χ0n) is 10.5. The minimum atomic E-state index is -0.499. The normalized spacial score (nSPS) is 23.8. The molecule has 1 aliphatic rings. The van der Waals surface area contributed by atoms with E-state index in [1.54, 1.807) is 0 Å². The number of ether oxygens (including phenoxy) is 1. The van der Waals surface area contributed by atoms with Crippen molar-refractivity contribution in [2.45, 2.75) is 19.4 Å². The van der Waals surface area contributed by atoms with E-state index in [0.717, 1.165) is 13.0 Å². The molecule has 1 N–H and O–H groups in total. The molecule has 1 aromatic rings. The van der Waals surface area contributed by atoms with E-state index >= 15 is 0 Å². The number of piperidine rings is 1. The Morgan fingerprint density at radius 2 is 2.28 bits per heavy atom. The van der Waals surface area contributed by atoms with Gasteiger partial charge >= 0.3 is 5.97 Å². The average Bonchev–Trinajstić information content (AvgIpc) is 2.41. The lowest BCUT2D eigenvalue weighted by Crippen LogP contribution is -2.43. The van der Waals surface area contributed by atoms with Crippen molar-refractivity contribution >= 4 is 11.8 Å². The van der Waals surface area contributed by atoms with Gasteiger partial charge in [0.05, 0.1) is 25.6 Å². The molecule has 0 radical (unpaired) electrons. The number of aromatic nitrogens is 2. The second-order valence-electron chi connectivity index (χ2n) is 4.53. The summed E-state index contributed by atoms with van der Waals surface area (Å²) in [5.41, 5.74) is 0.187. The molecule has 2 unspecified atom stereocenters. The molecule has 2 atom stereocenters. The van der Waals surface area contributed by atoms with Crippen LogP contribution in [0.15, 0.2) is 12.4 Å². The topological polar surface area (TPSA) is 75.5 Å². The number of β-amino-alcohol motifs (C(OH)–C–C–N with tert-alkyl or cyclic N) is 1. The Bertz CT molecular complexity index is 421. The number of esters is 1. The van der Waals surface area contributed by atoms with Gasteiger partial charge < -0.3 is 14.7 Å². The SMILES string of the molecule is COC(=O)c1cnc(N2CCC(C)C(O)C2)cn1. The summed E-state index contributed by atoms with van der Waals surface area (Å²) >= 11 is 0. The lowest BCUT2D eigenvalue weighted by atomic mass is 9.96. The van der Waals surface area contributed by atoms with Gasteiger partial charge in [0.2, 0.25) is 0 Å². The van der Waals surface area contributed by atoms with Crippen molar-refractivity contribution in [2.24, 2.45) is 5.92 Å². The Morgan fingerprint density at radius 3 is 2.83 bits per heavy atom. The Morgan fingerprint density at radius 1 is 1.50 bits per heavy atom. The van der Waals surface area contributed by atoms with Crippen molar-refractivity contribution in [3.63, 3.8) is 0 Å². The summed E-state index contributed by atoms with van der Waals surface area (Å²) < 4.78 is 4.56. The summed E-state index contributed by atoms with van der Waals surface area (Å²) in [7, 11) is 1.31. The van der Waals surface area contributed by atoms with Gasteiger partial charge in [-0.15, -0.1) is 0 Å². The molecule has 18 heavy (non-hydrogen) atoms. The predicted octanol–water partition coefficient (Wildman–Crippen LogP) is 0.470. The maximum absolute atomic E-state index is 11.2. The number of aliphatic hydroxyl groups excluding tert-OH is 1. The van der Waals surface area contributed by atoms with E-state index in [0.29, 0.717) is 18.3 Å². The summed E-state index contributed by atoms with van der Waals surface area (Å²) in [6.07, 6.45) is 3.50. The van der Waals surface area contributed by atoms with Crippen molar-refractivity contribution in [1.29, 1.82) is 0 Å². The molecule has 1 fully saturated rings.